The second-order valence-corrected chi connectivity index (χ2v) is 8.65. The number of aryl methyl sites for hydroxylation is 1. The summed E-state index contributed by atoms with van der Waals surface area (Å²) in [4.78, 5) is 19.1. The van der Waals surface area contributed by atoms with E-state index in [0.29, 0.717) is 16.7 Å². The van der Waals surface area contributed by atoms with Gasteiger partial charge in [-0.3, -0.25) is 9.69 Å². The van der Waals surface area contributed by atoms with Gasteiger partial charge in [0.15, 0.2) is 5.69 Å². The fourth-order valence-electron chi connectivity index (χ4n) is 3.58. The molecule has 6 nitrogen and oxygen atoms in total. The molecule has 1 aromatic heterocycles. The lowest BCUT2D eigenvalue weighted by atomic mass is 10.1. The maximum atomic E-state index is 12.8. The number of thioether (sulfide) groups is 1. The maximum absolute atomic E-state index is 12.8. The smallest absolute Gasteiger partial charge is 0.247 e. The Morgan fingerprint density at radius 1 is 1.10 bits per heavy atom. The van der Waals surface area contributed by atoms with E-state index < -0.39 is 6.23 Å². The van der Waals surface area contributed by atoms with Gasteiger partial charge >= 0.3 is 0 Å². The average molecular weight is 435 g/mol. The van der Waals surface area contributed by atoms with E-state index in [2.05, 4.69) is 22.1 Å². The Morgan fingerprint density at radius 2 is 1.87 bits per heavy atom. The van der Waals surface area contributed by atoms with E-state index in [9.17, 15) is 4.79 Å². The van der Waals surface area contributed by atoms with E-state index in [1.807, 2.05) is 55.5 Å². The molecule has 3 aromatic rings. The average Bonchev–Trinajstić information content (AvgIpc) is 2.91. The van der Waals surface area contributed by atoms with Crippen LogP contribution in [0.5, 0.6) is 5.88 Å². The summed E-state index contributed by atoms with van der Waals surface area (Å²) in [6, 6.07) is 15.7. The van der Waals surface area contributed by atoms with Crippen LogP contribution in [0, 0.1) is 6.92 Å². The second kappa shape index (κ2) is 9.47. The van der Waals surface area contributed by atoms with Crippen LogP contribution < -0.4 is 9.64 Å². The van der Waals surface area contributed by atoms with Crippen molar-refractivity contribution in [3.8, 4) is 17.1 Å². The largest absolute Gasteiger partial charge is 0.447 e. The Morgan fingerprint density at radius 3 is 2.61 bits per heavy atom. The molecule has 0 bridgehead atoms. The number of rotatable bonds is 6. The quantitative estimate of drug-likeness (QED) is 0.373. The first-order valence-corrected chi connectivity index (χ1v) is 11.6. The van der Waals surface area contributed by atoms with Gasteiger partial charge in [0, 0.05) is 23.8 Å². The van der Waals surface area contributed by atoms with Crippen molar-refractivity contribution in [1.82, 2.24) is 15.2 Å². The molecule has 0 fully saturated rings. The summed E-state index contributed by atoms with van der Waals surface area (Å²) in [6.45, 7) is 5.76. The molecule has 4 rings (SSSR count). The van der Waals surface area contributed by atoms with Crippen molar-refractivity contribution in [3.63, 3.8) is 0 Å². The molecule has 0 unspecified atom stereocenters. The van der Waals surface area contributed by atoms with Gasteiger partial charge in [0.05, 0.1) is 5.69 Å². The Labute approximate surface area is 187 Å². The van der Waals surface area contributed by atoms with E-state index in [-0.39, 0.29) is 5.91 Å². The molecule has 0 aliphatic carbocycles. The number of carbonyl (C=O) groups excluding carboxylic acids is 1. The molecule has 2 aromatic carbocycles. The van der Waals surface area contributed by atoms with Crippen LogP contribution in [0.25, 0.3) is 11.3 Å². The molecule has 0 radical (unpaired) electrons. The van der Waals surface area contributed by atoms with Crippen LogP contribution in [0.4, 0.5) is 5.69 Å². The fourth-order valence-corrected chi connectivity index (χ4v) is 4.35. The lowest BCUT2D eigenvalue weighted by Gasteiger charge is -2.29. The minimum Gasteiger partial charge on any atom is -0.447 e. The van der Waals surface area contributed by atoms with Crippen molar-refractivity contribution in [2.24, 2.45) is 0 Å². The number of aromatic nitrogens is 3. The number of carbonyl (C=O) groups is 1. The van der Waals surface area contributed by atoms with Crippen molar-refractivity contribution in [2.45, 2.75) is 51.4 Å². The predicted octanol–water partition coefficient (Wildman–Crippen LogP) is 5.57. The van der Waals surface area contributed by atoms with Crippen LogP contribution in [0.3, 0.4) is 0 Å². The molecule has 0 spiro atoms. The molecule has 1 aliphatic heterocycles. The first-order valence-electron chi connectivity index (χ1n) is 10.6. The molecule has 7 heteroatoms. The van der Waals surface area contributed by atoms with E-state index in [1.54, 1.807) is 23.6 Å². The number of nitrogens with zero attached hydrogens (tertiary/aromatic N) is 4. The Balaban J connectivity index is 1.79. The number of unbranched alkanes of at least 4 members (excludes halogenated alkanes) is 2. The van der Waals surface area contributed by atoms with Gasteiger partial charge in [0.25, 0.3) is 0 Å². The van der Waals surface area contributed by atoms with Crippen molar-refractivity contribution in [3.05, 3.63) is 59.7 Å². The topological polar surface area (TPSA) is 68.2 Å². The molecule has 31 heavy (non-hydrogen) atoms. The monoisotopic (exact) mass is 434 g/mol. The van der Waals surface area contributed by atoms with Gasteiger partial charge in [0.1, 0.15) is 0 Å². The highest BCUT2D eigenvalue weighted by atomic mass is 32.2. The lowest BCUT2D eigenvalue weighted by Crippen LogP contribution is -2.36. The van der Waals surface area contributed by atoms with Crippen molar-refractivity contribution in [2.75, 3.05) is 10.7 Å². The molecule has 1 amide bonds. The van der Waals surface area contributed by atoms with Gasteiger partial charge in [-0.05, 0) is 19.4 Å². The fraction of sp³-hybridized carbons (Fsp3) is 0.333. The van der Waals surface area contributed by atoms with Gasteiger partial charge in [0.2, 0.25) is 23.2 Å². The van der Waals surface area contributed by atoms with Crippen LogP contribution in [-0.2, 0) is 4.79 Å². The number of para-hydroxylation sites is 1. The number of hydrogen-bond acceptors (Lipinski definition) is 6. The summed E-state index contributed by atoms with van der Waals surface area (Å²) in [5.41, 5.74) is 4.08. The maximum Gasteiger partial charge on any atom is 0.247 e. The zero-order valence-corrected chi connectivity index (χ0v) is 18.9. The number of hydrogen-bond donors (Lipinski definition) is 0. The summed E-state index contributed by atoms with van der Waals surface area (Å²) in [7, 11) is 0. The van der Waals surface area contributed by atoms with E-state index in [1.165, 1.54) is 12.8 Å². The first-order chi connectivity index (χ1) is 15.1. The summed E-state index contributed by atoms with van der Waals surface area (Å²) in [6.07, 6.45) is 2.81. The highest BCUT2D eigenvalue weighted by Gasteiger charge is 2.34. The molecular formula is C24H26N4O2S. The number of benzene rings is 2. The molecule has 2 heterocycles. The van der Waals surface area contributed by atoms with Gasteiger partial charge < -0.3 is 4.74 Å². The summed E-state index contributed by atoms with van der Waals surface area (Å²) in [5.74, 6) is 1.22. The van der Waals surface area contributed by atoms with Gasteiger partial charge in [-0.15, -0.1) is 10.2 Å². The normalized spacial score (nSPS) is 14.9. The van der Waals surface area contributed by atoms with Crippen LogP contribution >= 0.6 is 11.8 Å². The molecule has 1 atom stereocenters. The SMILES string of the molecule is CCCCCSc1nnc2c(n1)O[C@H](c1ccc(C)cc1)N(C(C)=O)c1ccccc1-2. The highest BCUT2D eigenvalue weighted by molar-refractivity contribution is 7.99. The zero-order valence-electron chi connectivity index (χ0n) is 18.0. The van der Waals surface area contributed by atoms with Crippen molar-refractivity contribution >= 4 is 23.4 Å². The van der Waals surface area contributed by atoms with E-state index >= 15 is 0 Å². The summed E-state index contributed by atoms with van der Waals surface area (Å²) >= 11 is 1.58. The minimum absolute atomic E-state index is 0.118. The summed E-state index contributed by atoms with van der Waals surface area (Å²) in [5, 5.41) is 9.38. The van der Waals surface area contributed by atoms with Gasteiger partial charge in [-0.25, -0.2) is 0 Å². The third-order valence-corrected chi connectivity index (χ3v) is 6.12. The van der Waals surface area contributed by atoms with E-state index in [4.69, 9.17) is 4.74 Å². The molecule has 160 valence electrons. The third kappa shape index (κ3) is 4.56. The predicted molar refractivity (Wildman–Crippen MR) is 123 cm³/mol. The Bertz CT molecular complexity index is 1070. The molecular weight excluding hydrogens is 408 g/mol. The Kier molecular flexibility index (Phi) is 6.51. The van der Waals surface area contributed by atoms with Gasteiger partial charge in [-0.2, -0.15) is 4.98 Å². The first kappa shape index (κ1) is 21.3. The Hall–Kier alpha value is -2.93. The van der Waals surface area contributed by atoms with Crippen LogP contribution in [0.15, 0.2) is 53.7 Å². The number of fused-ring (bicyclic) bond motifs is 3. The standard InChI is InChI=1S/C24H26N4O2S/c1-4-5-8-15-31-24-25-22-21(26-27-24)19-9-6-7-10-20(19)28(17(3)29)23(30-22)18-13-11-16(2)12-14-18/h6-7,9-14,23H,4-5,8,15H2,1-3H3/t23-/m1/s1. The van der Waals surface area contributed by atoms with Crippen LogP contribution in [0.1, 0.15) is 50.5 Å². The number of anilines is 1. The van der Waals surface area contributed by atoms with Crippen molar-refractivity contribution in [1.29, 1.82) is 0 Å². The molecule has 0 saturated carbocycles. The molecule has 1 aliphatic rings. The zero-order chi connectivity index (χ0) is 21.8. The highest BCUT2D eigenvalue weighted by Crippen LogP contribution is 2.43. The summed E-state index contributed by atoms with van der Waals surface area (Å²) < 4.78 is 6.39. The lowest BCUT2D eigenvalue weighted by molar-refractivity contribution is -0.118. The minimum atomic E-state index is -0.643. The van der Waals surface area contributed by atoms with Crippen LogP contribution in [-0.4, -0.2) is 26.8 Å². The van der Waals surface area contributed by atoms with Crippen molar-refractivity contribution < 1.29 is 9.53 Å². The van der Waals surface area contributed by atoms with Gasteiger partial charge in [-0.1, -0.05) is 79.6 Å². The molecule has 0 saturated heterocycles. The number of ether oxygens (including phenoxy) is 1. The number of amides is 1. The second-order valence-electron chi connectivity index (χ2n) is 7.59. The van der Waals surface area contributed by atoms with E-state index in [0.717, 1.165) is 34.6 Å². The third-order valence-electron chi connectivity index (χ3n) is 5.19. The molecule has 0 N–H and O–H groups in total. The van der Waals surface area contributed by atoms with Crippen LogP contribution in [0.2, 0.25) is 0 Å².